The van der Waals surface area contributed by atoms with Crippen molar-refractivity contribution in [1.82, 2.24) is 5.32 Å². The van der Waals surface area contributed by atoms with E-state index in [1.165, 1.54) is 0 Å². The zero-order valence-corrected chi connectivity index (χ0v) is 7.97. The highest BCUT2D eigenvalue weighted by atomic mass is 14.9. The summed E-state index contributed by atoms with van der Waals surface area (Å²) in [5.41, 5.74) is 11.4. The highest BCUT2D eigenvalue weighted by molar-refractivity contribution is 5.05. The Labute approximate surface area is 75.5 Å². The summed E-state index contributed by atoms with van der Waals surface area (Å²) in [5, 5.41) is 3.03. The molecular weight excluding hydrogens is 150 g/mol. The van der Waals surface area contributed by atoms with Gasteiger partial charge >= 0.3 is 0 Å². The van der Waals surface area contributed by atoms with Crippen molar-refractivity contribution in [2.75, 3.05) is 26.2 Å². The lowest BCUT2D eigenvalue weighted by molar-refractivity contribution is 0.696. The molecule has 0 aromatic carbocycles. The van der Waals surface area contributed by atoms with E-state index in [-0.39, 0.29) is 0 Å². The first-order valence-electron chi connectivity index (χ1n) is 4.07. The van der Waals surface area contributed by atoms with Gasteiger partial charge in [-0.3, -0.25) is 0 Å². The van der Waals surface area contributed by atoms with Gasteiger partial charge in [-0.1, -0.05) is 24.8 Å². The van der Waals surface area contributed by atoms with Crippen LogP contribution < -0.4 is 16.8 Å². The largest absolute Gasteiger partial charge is 0.329 e. The molecule has 0 aliphatic rings. The van der Waals surface area contributed by atoms with Crippen LogP contribution >= 0.6 is 0 Å². The van der Waals surface area contributed by atoms with Gasteiger partial charge in [0.25, 0.3) is 0 Å². The van der Waals surface area contributed by atoms with Crippen LogP contribution in [0.1, 0.15) is 6.92 Å². The molecule has 0 atom stereocenters. The number of nitrogens with one attached hydrogen (secondary N) is 1. The lowest BCUT2D eigenvalue weighted by Gasteiger charge is -1.95. The first-order valence-corrected chi connectivity index (χ1v) is 4.07. The SMILES string of the molecule is C=CC(=C)C.NCCNCCN. The molecule has 5 N–H and O–H groups in total. The highest BCUT2D eigenvalue weighted by Crippen LogP contribution is 1.81. The quantitative estimate of drug-likeness (QED) is 0.410. The van der Waals surface area contributed by atoms with E-state index < -0.39 is 0 Å². The average Bonchev–Trinajstić information content (AvgIpc) is 2.07. The Balaban J connectivity index is 0. The zero-order chi connectivity index (χ0) is 9.82. The van der Waals surface area contributed by atoms with Crippen molar-refractivity contribution in [3.05, 3.63) is 24.8 Å². The molecule has 0 aliphatic heterocycles. The fourth-order valence-corrected chi connectivity index (χ4v) is 0.329. The van der Waals surface area contributed by atoms with Crippen molar-refractivity contribution in [3.8, 4) is 0 Å². The van der Waals surface area contributed by atoms with E-state index in [1.54, 1.807) is 6.08 Å². The second-order valence-electron chi connectivity index (χ2n) is 2.38. The van der Waals surface area contributed by atoms with E-state index in [0.29, 0.717) is 13.1 Å². The third-order valence-corrected chi connectivity index (χ3v) is 0.991. The van der Waals surface area contributed by atoms with Crippen molar-refractivity contribution in [2.24, 2.45) is 11.5 Å². The van der Waals surface area contributed by atoms with Gasteiger partial charge in [-0.15, -0.1) is 0 Å². The van der Waals surface area contributed by atoms with Gasteiger partial charge < -0.3 is 16.8 Å². The summed E-state index contributed by atoms with van der Waals surface area (Å²) in [6.45, 7) is 12.1. The summed E-state index contributed by atoms with van der Waals surface area (Å²) in [5.74, 6) is 0. The minimum Gasteiger partial charge on any atom is -0.329 e. The maximum atomic E-state index is 5.17. The number of rotatable bonds is 5. The van der Waals surface area contributed by atoms with Gasteiger partial charge in [0.15, 0.2) is 0 Å². The average molecular weight is 171 g/mol. The predicted molar refractivity (Wildman–Crippen MR) is 56.0 cm³/mol. The van der Waals surface area contributed by atoms with Gasteiger partial charge in [0.2, 0.25) is 0 Å². The van der Waals surface area contributed by atoms with E-state index >= 15 is 0 Å². The Hall–Kier alpha value is -0.640. The van der Waals surface area contributed by atoms with E-state index in [9.17, 15) is 0 Å². The second-order valence-corrected chi connectivity index (χ2v) is 2.38. The molecule has 0 spiro atoms. The lowest BCUT2D eigenvalue weighted by atomic mass is 10.4. The molecule has 0 saturated carbocycles. The third kappa shape index (κ3) is 22.8. The van der Waals surface area contributed by atoms with Crippen molar-refractivity contribution in [2.45, 2.75) is 6.92 Å². The van der Waals surface area contributed by atoms with Crippen LogP contribution in [0.2, 0.25) is 0 Å². The van der Waals surface area contributed by atoms with E-state index in [4.69, 9.17) is 11.5 Å². The van der Waals surface area contributed by atoms with E-state index in [1.807, 2.05) is 6.92 Å². The van der Waals surface area contributed by atoms with Crippen LogP contribution in [-0.4, -0.2) is 26.2 Å². The molecule has 3 nitrogen and oxygen atoms in total. The summed E-state index contributed by atoms with van der Waals surface area (Å²) in [6.07, 6.45) is 1.72. The van der Waals surface area contributed by atoms with Crippen LogP contribution in [0.15, 0.2) is 24.8 Å². The minimum absolute atomic E-state index is 0.694. The van der Waals surface area contributed by atoms with E-state index in [2.05, 4.69) is 18.5 Å². The summed E-state index contributed by atoms with van der Waals surface area (Å²) in [7, 11) is 0. The normalized spacial score (nSPS) is 8.25. The number of hydrogen-bond acceptors (Lipinski definition) is 3. The summed E-state index contributed by atoms with van der Waals surface area (Å²) in [4.78, 5) is 0. The number of hydrogen-bond donors (Lipinski definition) is 3. The minimum atomic E-state index is 0.694. The third-order valence-electron chi connectivity index (χ3n) is 0.991. The lowest BCUT2D eigenvalue weighted by Crippen LogP contribution is -2.27. The first-order chi connectivity index (χ1) is 5.68. The van der Waals surface area contributed by atoms with Crippen LogP contribution in [0.4, 0.5) is 0 Å². The fraction of sp³-hybridized carbons (Fsp3) is 0.556. The topological polar surface area (TPSA) is 64.1 Å². The Bertz CT molecular complexity index is 106. The smallest absolute Gasteiger partial charge is 0.00750 e. The van der Waals surface area contributed by atoms with Crippen LogP contribution in [0, 0.1) is 0 Å². The van der Waals surface area contributed by atoms with E-state index in [0.717, 1.165) is 18.7 Å². The number of nitrogens with two attached hydrogens (primary N) is 2. The van der Waals surface area contributed by atoms with Gasteiger partial charge in [0.05, 0.1) is 0 Å². The van der Waals surface area contributed by atoms with Gasteiger partial charge in [0, 0.05) is 26.2 Å². The Kier molecular flexibility index (Phi) is 15.1. The Morgan fingerprint density at radius 3 is 1.83 bits per heavy atom. The Morgan fingerprint density at radius 2 is 1.67 bits per heavy atom. The molecule has 0 saturated heterocycles. The van der Waals surface area contributed by atoms with Gasteiger partial charge in [-0.05, 0) is 6.92 Å². The molecule has 0 radical (unpaired) electrons. The van der Waals surface area contributed by atoms with Crippen molar-refractivity contribution in [1.29, 1.82) is 0 Å². The summed E-state index contributed by atoms with van der Waals surface area (Å²) >= 11 is 0. The maximum absolute atomic E-state index is 5.17. The summed E-state index contributed by atoms with van der Waals surface area (Å²) < 4.78 is 0. The highest BCUT2D eigenvalue weighted by Gasteiger charge is 1.76. The molecular formula is C9H21N3. The molecule has 0 amide bonds. The van der Waals surface area contributed by atoms with Gasteiger partial charge in [-0.2, -0.15) is 0 Å². The Morgan fingerprint density at radius 1 is 1.33 bits per heavy atom. The molecule has 0 heterocycles. The summed E-state index contributed by atoms with van der Waals surface area (Å²) in [6, 6.07) is 0. The molecule has 72 valence electrons. The van der Waals surface area contributed by atoms with Gasteiger partial charge in [0.1, 0.15) is 0 Å². The first kappa shape index (κ1) is 13.9. The van der Waals surface area contributed by atoms with Crippen LogP contribution in [0.25, 0.3) is 0 Å². The molecule has 0 aromatic heterocycles. The molecule has 0 unspecified atom stereocenters. The molecule has 0 aromatic rings. The molecule has 12 heavy (non-hydrogen) atoms. The zero-order valence-electron chi connectivity index (χ0n) is 7.97. The van der Waals surface area contributed by atoms with Crippen LogP contribution in [0.5, 0.6) is 0 Å². The monoisotopic (exact) mass is 171 g/mol. The second kappa shape index (κ2) is 13.0. The van der Waals surface area contributed by atoms with Crippen molar-refractivity contribution >= 4 is 0 Å². The molecule has 0 aliphatic carbocycles. The van der Waals surface area contributed by atoms with Crippen molar-refractivity contribution < 1.29 is 0 Å². The van der Waals surface area contributed by atoms with Crippen LogP contribution in [-0.2, 0) is 0 Å². The molecule has 3 heteroatoms. The molecule has 0 bridgehead atoms. The number of allylic oxidation sites excluding steroid dienone is 2. The van der Waals surface area contributed by atoms with Gasteiger partial charge in [-0.25, -0.2) is 0 Å². The maximum Gasteiger partial charge on any atom is 0.00750 e. The fourth-order valence-electron chi connectivity index (χ4n) is 0.329. The van der Waals surface area contributed by atoms with Crippen LogP contribution in [0.3, 0.4) is 0 Å². The molecule has 0 fully saturated rings. The standard InChI is InChI=1S/C5H8.C4H13N3/c1-4-5(2)3;5-1-3-7-4-2-6/h4H,1-2H2,3H3;7H,1-6H2. The molecule has 0 rings (SSSR count). The predicted octanol–water partition coefficient (Wildman–Crippen LogP) is 0.242. The van der Waals surface area contributed by atoms with Crippen molar-refractivity contribution in [3.63, 3.8) is 0 Å².